The van der Waals surface area contributed by atoms with Gasteiger partial charge in [-0.25, -0.2) is 4.79 Å². The number of aromatic nitrogens is 1. The standard InChI is InChI=1S/C15H11NO3S/c1-20-11-7-3-5-9-13(11)16-12-8(14(9)17)4-2-6-10(12)15(18)19/h2-7H,1H3,(H,16,17)(H,18,19). The Balaban J connectivity index is 2.58. The molecular formula is C15H11NO3S. The number of benzene rings is 2. The lowest BCUT2D eigenvalue weighted by Gasteiger charge is -2.08. The van der Waals surface area contributed by atoms with Crippen LogP contribution in [0.3, 0.4) is 0 Å². The van der Waals surface area contributed by atoms with Crippen molar-refractivity contribution < 1.29 is 9.90 Å². The molecule has 0 fully saturated rings. The molecule has 1 aromatic heterocycles. The third-order valence-corrected chi connectivity index (χ3v) is 4.06. The van der Waals surface area contributed by atoms with E-state index < -0.39 is 5.97 Å². The Kier molecular flexibility index (Phi) is 2.99. The first kappa shape index (κ1) is 12.7. The van der Waals surface area contributed by atoms with Crippen LogP contribution in [-0.4, -0.2) is 22.3 Å². The van der Waals surface area contributed by atoms with Crippen LogP contribution in [0, 0.1) is 0 Å². The summed E-state index contributed by atoms with van der Waals surface area (Å²) >= 11 is 1.51. The van der Waals surface area contributed by atoms with Crippen LogP contribution >= 0.6 is 11.8 Å². The zero-order chi connectivity index (χ0) is 14.3. The number of carboxylic acids is 1. The van der Waals surface area contributed by atoms with E-state index in [1.54, 1.807) is 18.2 Å². The average molecular weight is 285 g/mol. The van der Waals surface area contributed by atoms with Crippen LogP contribution in [0.15, 0.2) is 46.1 Å². The Morgan fingerprint density at radius 1 is 1.10 bits per heavy atom. The van der Waals surface area contributed by atoms with Gasteiger partial charge < -0.3 is 10.1 Å². The highest BCUT2D eigenvalue weighted by Crippen LogP contribution is 2.25. The number of fused-ring (bicyclic) bond motifs is 2. The number of carbonyl (C=O) groups is 1. The maximum atomic E-state index is 12.5. The molecule has 0 unspecified atom stereocenters. The van der Waals surface area contributed by atoms with E-state index in [1.807, 2.05) is 18.4 Å². The maximum Gasteiger partial charge on any atom is 0.337 e. The second kappa shape index (κ2) is 4.68. The third kappa shape index (κ3) is 1.78. The summed E-state index contributed by atoms with van der Waals surface area (Å²) in [7, 11) is 0. The van der Waals surface area contributed by atoms with Crippen molar-refractivity contribution in [3.8, 4) is 0 Å². The molecule has 0 atom stereocenters. The number of H-pyrrole nitrogens is 1. The molecule has 0 saturated heterocycles. The minimum atomic E-state index is -1.05. The fraction of sp³-hybridized carbons (Fsp3) is 0.0667. The van der Waals surface area contributed by atoms with Crippen molar-refractivity contribution in [2.24, 2.45) is 0 Å². The number of nitrogens with one attached hydrogen (secondary N) is 1. The number of hydrogen-bond acceptors (Lipinski definition) is 3. The minimum Gasteiger partial charge on any atom is -0.478 e. The number of pyridine rings is 1. The van der Waals surface area contributed by atoms with Gasteiger partial charge >= 0.3 is 5.97 Å². The Morgan fingerprint density at radius 2 is 1.75 bits per heavy atom. The summed E-state index contributed by atoms with van der Waals surface area (Å²) in [4.78, 5) is 27.8. The van der Waals surface area contributed by atoms with E-state index in [4.69, 9.17) is 0 Å². The molecule has 0 spiro atoms. The summed E-state index contributed by atoms with van der Waals surface area (Å²) < 4.78 is 0. The van der Waals surface area contributed by atoms with E-state index in [-0.39, 0.29) is 11.0 Å². The molecule has 100 valence electrons. The predicted octanol–water partition coefficient (Wildman–Crippen LogP) is 3.10. The zero-order valence-corrected chi connectivity index (χ0v) is 11.5. The Morgan fingerprint density at radius 3 is 2.40 bits per heavy atom. The fourth-order valence-corrected chi connectivity index (χ4v) is 2.92. The van der Waals surface area contributed by atoms with E-state index in [0.29, 0.717) is 21.8 Å². The number of thioether (sulfide) groups is 1. The van der Waals surface area contributed by atoms with Crippen LogP contribution in [0.25, 0.3) is 21.8 Å². The molecule has 0 aliphatic heterocycles. The van der Waals surface area contributed by atoms with Gasteiger partial charge in [0.1, 0.15) is 0 Å². The van der Waals surface area contributed by atoms with Crippen LogP contribution in [0.4, 0.5) is 0 Å². The van der Waals surface area contributed by atoms with Gasteiger partial charge in [-0.05, 0) is 30.5 Å². The second-order valence-electron chi connectivity index (χ2n) is 4.37. The Labute approximate surface area is 118 Å². The summed E-state index contributed by atoms with van der Waals surface area (Å²) in [5.41, 5.74) is 1.02. The van der Waals surface area contributed by atoms with Gasteiger partial charge in [-0.1, -0.05) is 12.1 Å². The van der Waals surface area contributed by atoms with E-state index >= 15 is 0 Å². The predicted molar refractivity (Wildman–Crippen MR) is 80.8 cm³/mol. The molecular weight excluding hydrogens is 274 g/mol. The van der Waals surface area contributed by atoms with E-state index in [0.717, 1.165) is 4.90 Å². The van der Waals surface area contributed by atoms with Gasteiger partial charge in [0.25, 0.3) is 0 Å². The monoisotopic (exact) mass is 285 g/mol. The largest absolute Gasteiger partial charge is 0.478 e. The minimum absolute atomic E-state index is 0.109. The normalized spacial score (nSPS) is 11.1. The first-order valence-electron chi connectivity index (χ1n) is 5.98. The third-order valence-electron chi connectivity index (χ3n) is 3.28. The summed E-state index contributed by atoms with van der Waals surface area (Å²) in [6, 6.07) is 10.2. The number of rotatable bonds is 2. The highest BCUT2D eigenvalue weighted by Gasteiger charge is 2.13. The molecule has 0 radical (unpaired) electrons. The van der Waals surface area contributed by atoms with E-state index in [9.17, 15) is 14.7 Å². The molecule has 0 bridgehead atoms. The molecule has 3 rings (SSSR count). The number of hydrogen-bond donors (Lipinski definition) is 2. The molecule has 5 heteroatoms. The average Bonchev–Trinajstić information content (AvgIpc) is 2.46. The van der Waals surface area contributed by atoms with Crippen LogP contribution < -0.4 is 5.43 Å². The summed E-state index contributed by atoms with van der Waals surface area (Å²) in [5, 5.41) is 10.2. The number of carboxylic acid groups (broad SMARTS) is 1. The van der Waals surface area contributed by atoms with Gasteiger partial charge in [0.2, 0.25) is 0 Å². The molecule has 2 aromatic carbocycles. The van der Waals surface area contributed by atoms with Crippen molar-refractivity contribution in [3.63, 3.8) is 0 Å². The van der Waals surface area contributed by atoms with Crippen molar-refractivity contribution in [2.45, 2.75) is 4.90 Å². The van der Waals surface area contributed by atoms with Gasteiger partial charge in [0.15, 0.2) is 5.43 Å². The first-order chi connectivity index (χ1) is 9.63. The van der Waals surface area contributed by atoms with E-state index in [1.165, 1.54) is 17.8 Å². The molecule has 0 aliphatic rings. The highest BCUT2D eigenvalue weighted by molar-refractivity contribution is 7.98. The lowest BCUT2D eigenvalue weighted by Crippen LogP contribution is -2.08. The van der Waals surface area contributed by atoms with E-state index in [2.05, 4.69) is 4.98 Å². The highest BCUT2D eigenvalue weighted by atomic mass is 32.2. The van der Waals surface area contributed by atoms with Gasteiger partial charge in [-0.15, -0.1) is 11.8 Å². The van der Waals surface area contributed by atoms with Crippen molar-refractivity contribution in [2.75, 3.05) is 6.26 Å². The lowest BCUT2D eigenvalue weighted by molar-refractivity contribution is 0.0699. The molecule has 0 aliphatic carbocycles. The Hall–Kier alpha value is -2.27. The SMILES string of the molecule is CSc1cccc2c(=O)c3cccc(C(=O)O)c3[nH]c12. The molecule has 1 heterocycles. The maximum absolute atomic E-state index is 12.5. The fourth-order valence-electron chi connectivity index (χ4n) is 2.34. The van der Waals surface area contributed by atoms with Gasteiger partial charge in [-0.3, -0.25) is 4.79 Å². The summed E-state index contributed by atoms with van der Waals surface area (Å²) in [6.07, 6.45) is 1.92. The first-order valence-corrected chi connectivity index (χ1v) is 7.21. The summed E-state index contributed by atoms with van der Waals surface area (Å²) in [6.45, 7) is 0. The number of aromatic amines is 1. The van der Waals surface area contributed by atoms with Crippen molar-refractivity contribution >= 4 is 39.5 Å². The topological polar surface area (TPSA) is 70.2 Å². The zero-order valence-electron chi connectivity index (χ0n) is 10.6. The van der Waals surface area contributed by atoms with Gasteiger partial charge in [-0.2, -0.15) is 0 Å². The van der Waals surface area contributed by atoms with Gasteiger partial charge in [0, 0.05) is 15.7 Å². The molecule has 0 amide bonds. The quantitative estimate of drug-likeness (QED) is 0.560. The number of aromatic carboxylic acids is 1. The summed E-state index contributed by atoms with van der Waals surface area (Å²) in [5.74, 6) is -1.05. The lowest BCUT2D eigenvalue weighted by atomic mass is 10.1. The molecule has 20 heavy (non-hydrogen) atoms. The molecule has 0 saturated carbocycles. The molecule has 3 aromatic rings. The Bertz CT molecular complexity index is 899. The van der Waals surface area contributed by atoms with Crippen molar-refractivity contribution in [1.82, 2.24) is 4.98 Å². The van der Waals surface area contributed by atoms with Crippen molar-refractivity contribution in [1.29, 1.82) is 0 Å². The van der Waals surface area contributed by atoms with Crippen LogP contribution in [0.2, 0.25) is 0 Å². The molecule has 2 N–H and O–H groups in total. The van der Waals surface area contributed by atoms with Gasteiger partial charge in [0.05, 0.1) is 16.6 Å². The van der Waals surface area contributed by atoms with Crippen LogP contribution in [0.1, 0.15) is 10.4 Å². The second-order valence-corrected chi connectivity index (χ2v) is 5.22. The van der Waals surface area contributed by atoms with Crippen LogP contribution in [0.5, 0.6) is 0 Å². The van der Waals surface area contributed by atoms with Crippen LogP contribution in [-0.2, 0) is 0 Å². The smallest absolute Gasteiger partial charge is 0.337 e. The number of para-hydroxylation sites is 2. The van der Waals surface area contributed by atoms with Crippen molar-refractivity contribution in [3.05, 3.63) is 52.2 Å². The molecule has 4 nitrogen and oxygen atoms in total.